The van der Waals surface area contributed by atoms with Crippen LogP contribution < -0.4 is 10.6 Å². The molecule has 140 valence electrons. The molecule has 2 aromatic rings. The lowest BCUT2D eigenvalue weighted by atomic mass is 10.0. The van der Waals surface area contributed by atoms with E-state index >= 15 is 0 Å². The first kappa shape index (κ1) is 20.7. The van der Waals surface area contributed by atoms with Gasteiger partial charge in [-0.05, 0) is 74.9 Å². The Morgan fingerprint density at radius 1 is 1.15 bits per heavy atom. The molecule has 0 saturated heterocycles. The van der Waals surface area contributed by atoms with Crippen molar-refractivity contribution in [3.63, 3.8) is 0 Å². The first-order valence-electron chi connectivity index (χ1n) is 8.88. The number of nitrogens with one attached hydrogen (secondary N) is 2. The van der Waals surface area contributed by atoms with E-state index in [0.29, 0.717) is 16.7 Å². The Hall–Kier alpha value is -1.62. The van der Waals surface area contributed by atoms with Crippen molar-refractivity contribution in [3.8, 4) is 0 Å². The first-order chi connectivity index (χ1) is 12.3. The summed E-state index contributed by atoms with van der Waals surface area (Å²) in [5, 5.41) is 7.83. The van der Waals surface area contributed by atoms with Crippen molar-refractivity contribution in [2.45, 2.75) is 33.2 Å². The van der Waals surface area contributed by atoms with Gasteiger partial charge in [-0.15, -0.1) is 0 Å². The van der Waals surface area contributed by atoms with Gasteiger partial charge in [0.05, 0.1) is 16.8 Å². The van der Waals surface area contributed by atoms with Gasteiger partial charge in [-0.1, -0.05) is 48.9 Å². The second-order valence-electron chi connectivity index (χ2n) is 6.85. The molecule has 0 bridgehead atoms. The summed E-state index contributed by atoms with van der Waals surface area (Å²) in [5.41, 5.74) is 5.70. The lowest BCUT2D eigenvalue weighted by Gasteiger charge is -2.26. The number of hydrogen-bond donors (Lipinski definition) is 2. The summed E-state index contributed by atoms with van der Waals surface area (Å²) in [7, 11) is 4.16. The smallest absolute Gasteiger partial charge is 0.170 e. The van der Waals surface area contributed by atoms with Gasteiger partial charge in [-0.2, -0.15) is 0 Å². The summed E-state index contributed by atoms with van der Waals surface area (Å²) in [5.74, 6) is 0. The molecule has 2 aromatic carbocycles. The van der Waals surface area contributed by atoms with Crippen LogP contribution in [-0.2, 0) is 6.42 Å². The van der Waals surface area contributed by atoms with Crippen LogP contribution in [0, 0.1) is 13.8 Å². The molecule has 0 aliphatic rings. The zero-order valence-electron chi connectivity index (χ0n) is 16.2. The number of halogens is 1. The average Bonchev–Trinajstić information content (AvgIpc) is 2.58. The molecule has 5 heteroatoms. The maximum absolute atomic E-state index is 6.36. The van der Waals surface area contributed by atoms with E-state index in [0.717, 1.165) is 23.2 Å². The van der Waals surface area contributed by atoms with E-state index in [1.165, 1.54) is 11.1 Å². The molecule has 0 aliphatic heterocycles. The maximum atomic E-state index is 6.36. The SMILES string of the molecule is CCc1ccc([C@H](CNC(=S)Nc2c(C)cc(C)cc2Cl)N(C)C)cc1. The van der Waals surface area contributed by atoms with Crippen molar-refractivity contribution in [3.05, 3.63) is 63.7 Å². The Labute approximate surface area is 167 Å². The molecule has 0 heterocycles. The summed E-state index contributed by atoms with van der Waals surface area (Å²) in [6.45, 7) is 6.95. The number of hydrogen-bond acceptors (Lipinski definition) is 2. The van der Waals surface area contributed by atoms with Gasteiger partial charge in [0.25, 0.3) is 0 Å². The minimum absolute atomic E-state index is 0.232. The van der Waals surface area contributed by atoms with Crippen molar-refractivity contribution in [2.24, 2.45) is 0 Å². The quantitative estimate of drug-likeness (QED) is 0.671. The van der Waals surface area contributed by atoms with Gasteiger partial charge >= 0.3 is 0 Å². The molecule has 0 amide bonds. The van der Waals surface area contributed by atoms with Crippen LogP contribution in [0.1, 0.15) is 35.2 Å². The highest BCUT2D eigenvalue weighted by molar-refractivity contribution is 7.80. The Kier molecular flexibility index (Phi) is 7.44. The minimum atomic E-state index is 0.232. The highest BCUT2D eigenvalue weighted by atomic mass is 35.5. The minimum Gasteiger partial charge on any atom is -0.361 e. The summed E-state index contributed by atoms with van der Waals surface area (Å²) in [6.07, 6.45) is 1.05. The first-order valence-corrected chi connectivity index (χ1v) is 9.67. The molecule has 0 aromatic heterocycles. The van der Waals surface area contributed by atoms with Gasteiger partial charge in [0, 0.05) is 6.54 Å². The van der Waals surface area contributed by atoms with Crippen molar-refractivity contribution in [1.82, 2.24) is 10.2 Å². The van der Waals surface area contributed by atoms with E-state index in [-0.39, 0.29) is 6.04 Å². The van der Waals surface area contributed by atoms with Gasteiger partial charge in [-0.25, -0.2) is 0 Å². The van der Waals surface area contributed by atoms with Gasteiger partial charge < -0.3 is 15.5 Å². The number of benzene rings is 2. The van der Waals surface area contributed by atoms with Crippen LogP contribution in [0.2, 0.25) is 5.02 Å². The van der Waals surface area contributed by atoms with E-state index in [9.17, 15) is 0 Å². The highest BCUT2D eigenvalue weighted by Gasteiger charge is 2.15. The Bertz CT molecular complexity index is 733. The third-order valence-corrected chi connectivity index (χ3v) is 5.07. The molecule has 26 heavy (non-hydrogen) atoms. The lowest BCUT2D eigenvalue weighted by Crippen LogP contribution is -2.36. The van der Waals surface area contributed by atoms with E-state index in [1.54, 1.807) is 0 Å². The molecular formula is C21H28ClN3S. The topological polar surface area (TPSA) is 27.3 Å². The van der Waals surface area contributed by atoms with Gasteiger partial charge in [0.15, 0.2) is 5.11 Å². The molecule has 0 spiro atoms. The van der Waals surface area contributed by atoms with E-state index in [1.807, 2.05) is 19.9 Å². The van der Waals surface area contributed by atoms with E-state index in [2.05, 4.69) is 66.9 Å². The number of thiocarbonyl (C=S) groups is 1. The Balaban J connectivity index is 2.03. The highest BCUT2D eigenvalue weighted by Crippen LogP contribution is 2.27. The number of rotatable bonds is 6. The standard InChI is InChI=1S/C21H28ClN3S/c1-6-16-7-9-17(10-8-16)19(25(4)5)13-23-21(26)24-20-15(3)11-14(2)12-18(20)22/h7-12,19H,6,13H2,1-5H3,(H2,23,24,26)/t19-/m0/s1. The molecule has 0 aliphatic carbocycles. The average molecular weight is 390 g/mol. The van der Waals surface area contributed by atoms with E-state index < -0.39 is 0 Å². The van der Waals surface area contributed by atoms with Crippen LogP contribution in [0.4, 0.5) is 5.69 Å². The van der Waals surface area contributed by atoms with Crippen molar-refractivity contribution in [1.29, 1.82) is 0 Å². The monoisotopic (exact) mass is 389 g/mol. The number of nitrogens with zero attached hydrogens (tertiary/aromatic N) is 1. The van der Waals surface area contributed by atoms with E-state index in [4.69, 9.17) is 23.8 Å². The second-order valence-corrected chi connectivity index (χ2v) is 7.66. The molecule has 1 atom stereocenters. The molecule has 0 fully saturated rings. The maximum Gasteiger partial charge on any atom is 0.170 e. The third kappa shape index (κ3) is 5.44. The second kappa shape index (κ2) is 9.36. The normalized spacial score (nSPS) is 12.1. The van der Waals surface area contributed by atoms with Crippen LogP contribution in [0.3, 0.4) is 0 Å². The molecule has 2 rings (SSSR count). The third-order valence-electron chi connectivity index (χ3n) is 4.52. The molecular weight excluding hydrogens is 362 g/mol. The van der Waals surface area contributed by atoms with Crippen LogP contribution >= 0.6 is 23.8 Å². The van der Waals surface area contributed by atoms with Crippen LogP contribution in [0.5, 0.6) is 0 Å². The molecule has 3 nitrogen and oxygen atoms in total. The van der Waals surface area contributed by atoms with Gasteiger partial charge in [0.2, 0.25) is 0 Å². The largest absolute Gasteiger partial charge is 0.361 e. The predicted octanol–water partition coefficient (Wildman–Crippen LogP) is 5.11. The van der Waals surface area contributed by atoms with Gasteiger partial charge in [-0.3, -0.25) is 0 Å². The summed E-state index contributed by atoms with van der Waals surface area (Å²) in [6, 6.07) is 13.0. The number of likely N-dealkylation sites (N-methyl/N-ethyl adjacent to an activating group) is 1. The van der Waals surface area contributed by atoms with Crippen molar-refractivity contribution < 1.29 is 0 Å². The lowest BCUT2D eigenvalue weighted by molar-refractivity contribution is 0.299. The fourth-order valence-electron chi connectivity index (χ4n) is 3.00. The molecule has 2 N–H and O–H groups in total. The number of aryl methyl sites for hydroxylation is 3. The van der Waals surface area contributed by atoms with Gasteiger partial charge in [0.1, 0.15) is 0 Å². The summed E-state index contributed by atoms with van der Waals surface area (Å²) >= 11 is 11.8. The van der Waals surface area contributed by atoms with Crippen LogP contribution in [-0.4, -0.2) is 30.7 Å². The number of anilines is 1. The zero-order chi connectivity index (χ0) is 19.3. The zero-order valence-corrected chi connectivity index (χ0v) is 17.8. The predicted molar refractivity (Wildman–Crippen MR) is 117 cm³/mol. The Morgan fingerprint density at radius 2 is 1.81 bits per heavy atom. The fourth-order valence-corrected chi connectivity index (χ4v) is 3.55. The summed E-state index contributed by atoms with van der Waals surface area (Å²) < 4.78 is 0. The summed E-state index contributed by atoms with van der Waals surface area (Å²) in [4.78, 5) is 2.20. The van der Waals surface area contributed by atoms with Crippen LogP contribution in [0.15, 0.2) is 36.4 Å². The molecule has 0 radical (unpaired) electrons. The van der Waals surface area contributed by atoms with Crippen molar-refractivity contribution >= 4 is 34.6 Å². The molecule has 0 saturated carbocycles. The van der Waals surface area contributed by atoms with Crippen LogP contribution in [0.25, 0.3) is 0 Å². The molecule has 0 unspecified atom stereocenters. The Morgan fingerprint density at radius 3 is 2.35 bits per heavy atom. The fraction of sp³-hybridized carbons (Fsp3) is 0.381. The van der Waals surface area contributed by atoms with Crippen molar-refractivity contribution in [2.75, 3.05) is 26.0 Å².